The molecule has 1 atom stereocenters. The highest BCUT2D eigenvalue weighted by molar-refractivity contribution is 5.92. The lowest BCUT2D eigenvalue weighted by Gasteiger charge is -2.32. The first kappa shape index (κ1) is 14.6. The van der Waals surface area contributed by atoms with Crippen molar-refractivity contribution in [2.75, 3.05) is 24.6 Å². The predicted molar refractivity (Wildman–Crippen MR) is 74.3 cm³/mol. The van der Waals surface area contributed by atoms with E-state index >= 15 is 0 Å². The van der Waals surface area contributed by atoms with Gasteiger partial charge >= 0.3 is 6.18 Å². The zero-order valence-corrected chi connectivity index (χ0v) is 11.5. The van der Waals surface area contributed by atoms with Crippen molar-refractivity contribution in [3.05, 3.63) is 36.0 Å². The molecule has 0 N–H and O–H groups in total. The number of fused-ring (bicyclic) bond motifs is 1. The number of rotatable bonds is 1. The van der Waals surface area contributed by atoms with Gasteiger partial charge in [0, 0.05) is 23.8 Å². The van der Waals surface area contributed by atoms with Gasteiger partial charge in [-0.3, -0.25) is 4.98 Å². The van der Waals surface area contributed by atoms with E-state index in [1.165, 1.54) is 12.3 Å². The van der Waals surface area contributed by atoms with Crippen molar-refractivity contribution in [1.82, 2.24) is 4.98 Å². The molecule has 1 aromatic carbocycles. The van der Waals surface area contributed by atoms with Gasteiger partial charge in [-0.1, -0.05) is 6.07 Å². The number of morpholine rings is 1. The van der Waals surface area contributed by atoms with E-state index in [-0.39, 0.29) is 5.52 Å². The fourth-order valence-corrected chi connectivity index (χ4v) is 2.53. The van der Waals surface area contributed by atoms with E-state index in [0.717, 1.165) is 17.8 Å². The molecule has 0 amide bonds. The Kier molecular flexibility index (Phi) is 3.62. The minimum atomic E-state index is -4.39. The lowest BCUT2D eigenvalue weighted by molar-refractivity contribution is -0.137. The monoisotopic (exact) mass is 307 g/mol. The largest absolute Gasteiger partial charge is 0.416 e. The number of benzene rings is 1. The van der Waals surface area contributed by atoms with Gasteiger partial charge in [0.05, 0.1) is 30.3 Å². The maximum atomic E-state index is 12.8. The van der Waals surface area contributed by atoms with Gasteiger partial charge in [-0.25, -0.2) is 0 Å². The second-order valence-electron chi connectivity index (χ2n) is 4.99. The molecule has 0 radical (unpaired) electrons. The third-order valence-electron chi connectivity index (χ3n) is 3.60. The van der Waals surface area contributed by atoms with Gasteiger partial charge in [0.25, 0.3) is 0 Å². The number of hydrogen-bond donors (Lipinski definition) is 0. The Hall–Kier alpha value is -2.33. The molecule has 1 fully saturated rings. The van der Waals surface area contributed by atoms with E-state index in [1.807, 2.05) is 4.90 Å². The van der Waals surface area contributed by atoms with Crippen molar-refractivity contribution in [1.29, 1.82) is 5.26 Å². The number of aromatic nitrogens is 1. The quantitative estimate of drug-likeness (QED) is 0.812. The highest BCUT2D eigenvalue weighted by atomic mass is 19.4. The lowest BCUT2D eigenvalue weighted by atomic mass is 10.1. The lowest BCUT2D eigenvalue weighted by Crippen LogP contribution is -2.41. The number of ether oxygens (including phenoxy) is 1. The van der Waals surface area contributed by atoms with Crippen LogP contribution < -0.4 is 4.90 Å². The number of halogens is 3. The Balaban J connectivity index is 2.02. The summed E-state index contributed by atoms with van der Waals surface area (Å²) in [6.07, 6.45) is -3.45. The van der Waals surface area contributed by atoms with Crippen molar-refractivity contribution in [2.24, 2.45) is 0 Å². The van der Waals surface area contributed by atoms with Crippen LogP contribution in [0.5, 0.6) is 0 Å². The molecular formula is C15H12F3N3O. The number of pyridine rings is 1. The van der Waals surface area contributed by atoms with Crippen LogP contribution >= 0.6 is 0 Å². The maximum absolute atomic E-state index is 12.8. The molecule has 22 heavy (non-hydrogen) atoms. The average molecular weight is 307 g/mol. The van der Waals surface area contributed by atoms with Crippen LogP contribution in [0.2, 0.25) is 0 Å². The first-order valence-electron chi connectivity index (χ1n) is 6.71. The molecule has 4 nitrogen and oxygen atoms in total. The highest BCUT2D eigenvalue weighted by Crippen LogP contribution is 2.33. The summed E-state index contributed by atoms with van der Waals surface area (Å²) >= 11 is 0. The minimum absolute atomic E-state index is 0.285. The van der Waals surface area contributed by atoms with E-state index in [0.29, 0.717) is 25.1 Å². The van der Waals surface area contributed by atoms with Crippen LogP contribution in [0.15, 0.2) is 30.5 Å². The maximum Gasteiger partial charge on any atom is 0.416 e. The molecule has 7 heteroatoms. The van der Waals surface area contributed by atoms with Crippen LogP contribution in [-0.4, -0.2) is 30.8 Å². The SMILES string of the molecule is N#CC1CN(c2ccnc3cc(C(F)(F)F)ccc23)CCO1. The molecule has 1 aliphatic heterocycles. The van der Waals surface area contributed by atoms with E-state index in [9.17, 15) is 13.2 Å². The van der Waals surface area contributed by atoms with Crippen LogP contribution in [0.1, 0.15) is 5.56 Å². The summed E-state index contributed by atoms with van der Waals surface area (Å²) in [6.45, 7) is 1.37. The second kappa shape index (κ2) is 5.46. The number of nitriles is 1. The zero-order valence-electron chi connectivity index (χ0n) is 11.5. The number of nitrogens with zero attached hydrogens (tertiary/aromatic N) is 3. The molecule has 2 heterocycles. The Bertz CT molecular complexity index is 739. The van der Waals surface area contributed by atoms with Crippen molar-refractivity contribution >= 4 is 16.6 Å². The van der Waals surface area contributed by atoms with Crippen LogP contribution in [0, 0.1) is 11.3 Å². The Morgan fingerprint density at radius 1 is 1.32 bits per heavy atom. The topological polar surface area (TPSA) is 49.2 Å². The highest BCUT2D eigenvalue weighted by Gasteiger charge is 2.31. The fourth-order valence-electron chi connectivity index (χ4n) is 2.53. The van der Waals surface area contributed by atoms with Crippen molar-refractivity contribution in [3.63, 3.8) is 0 Å². The van der Waals surface area contributed by atoms with Crippen LogP contribution in [0.25, 0.3) is 10.9 Å². The predicted octanol–water partition coefficient (Wildman–Crippen LogP) is 2.98. The van der Waals surface area contributed by atoms with E-state index < -0.39 is 17.8 Å². The average Bonchev–Trinajstić information content (AvgIpc) is 2.53. The molecule has 114 valence electrons. The summed E-state index contributed by atoms with van der Waals surface area (Å²) in [5.74, 6) is 0. The van der Waals surface area contributed by atoms with Gasteiger partial charge in [0.2, 0.25) is 0 Å². The van der Waals surface area contributed by atoms with Crippen molar-refractivity contribution in [2.45, 2.75) is 12.3 Å². The molecule has 3 rings (SSSR count). The molecule has 0 saturated carbocycles. The van der Waals surface area contributed by atoms with E-state index in [4.69, 9.17) is 10.00 Å². The first-order valence-corrected chi connectivity index (χ1v) is 6.71. The molecule has 1 aromatic heterocycles. The van der Waals surface area contributed by atoms with Crippen molar-refractivity contribution < 1.29 is 17.9 Å². The van der Waals surface area contributed by atoms with Gasteiger partial charge in [0.15, 0.2) is 6.10 Å². The molecular weight excluding hydrogens is 295 g/mol. The standard InChI is InChI=1S/C15H12F3N3O/c16-15(17,18)10-1-2-12-13(7-10)20-4-3-14(12)21-5-6-22-11(8-19)9-21/h1-4,7,11H,5-6,9H2. The molecule has 1 unspecified atom stereocenters. The number of alkyl halides is 3. The fraction of sp³-hybridized carbons (Fsp3) is 0.333. The Labute approximate surface area is 124 Å². The number of hydrogen-bond acceptors (Lipinski definition) is 4. The third-order valence-corrected chi connectivity index (χ3v) is 3.60. The second-order valence-corrected chi connectivity index (χ2v) is 4.99. The molecule has 2 aromatic rings. The van der Waals surface area contributed by atoms with Gasteiger partial charge in [0.1, 0.15) is 0 Å². The van der Waals surface area contributed by atoms with Gasteiger partial charge < -0.3 is 9.64 Å². The third kappa shape index (κ3) is 2.70. The minimum Gasteiger partial charge on any atom is -0.365 e. The van der Waals surface area contributed by atoms with Crippen LogP contribution in [-0.2, 0) is 10.9 Å². The summed E-state index contributed by atoms with van der Waals surface area (Å²) in [6, 6.07) is 7.32. The smallest absolute Gasteiger partial charge is 0.365 e. The molecule has 0 bridgehead atoms. The molecule has 1 saturated heterocycles. The summed E-state index contributed by atoms with van der Waals surface area (Å²) in [5.41, 5.74) is 0.330. The van der Waals surface area contributed by atoms with Crippen LogP contribution in [0.4, 0.5) is 18.9 Å². The zero-order chi connectivity index (χ0) is 15.7. The van der Waals surface area contributed by atoms with Crippen molar-refractivity contribution in [3.8, 4) is 6.07 Å². The normalized spacial score (nSPS) is 19.2. The van der Waals surface area contributed by atoms with Gasteiger partial charge in [-0.2, -0.15) is 18.4 Å². The first-order chi connectivity index (χ1) is 10.5. The summed E-state index contributed by atoms with van der Waals surface area (Å²) in [4.78, 5) is 5.97. The Morgan fingerprint density at radius 3 is 2.86 bits per heavy atom. The van der Waals surface area contributed by atoms with E-state index in [1.54, 1.807) is 6.07 Å². The van der Waals surface area contributed by atoms with Gasteiger partial charge in [-0.05, 0) is 18.2 Å². The van der Waals surface area contributed by atoms with Gasteiger partial charge in [-0.15, -0.1) is 0 Å². The Morgan fingerprint density at radius 2 is 2.14 bits per heavy atom. The molecule has 0 aliphatic carbocycles. The number of anilines is 1. The van der Waals surface area contributed by atoms with E-state index in [2.05, 4.69) is 11.1 Å². The molecule has 0 spiro atoms. The van der Waals surface area contributed by atoms with Crippen LogP contribution in [0.3, 0.4) is 0 Å². The summed E-state index contributed by atoms with van der Waals surface area (Å²) in [7, 11) is 0. The summed E-state index contributed by atoms with van der Waals surface area (Å²) < 4.78 is 43.6. The summed E-state index contributed by atoms with van der Waals surface area (Å²) in [5, 5.41) is 9.59. The molecule has 1 aliphatic rings.